The predicted molar refractivity (Wildman–Crippen MR) is 94.4 cm³/mol. The summed E-state index contributed by atoms with van der Waals surface area (Å²) in [5.74, 6) is -1.29. The predicted octanol–water partition coefficient (Wildman–Crippen LogP) is 4.67. The number of rotatable bonds is 3. The van der Waals surface area contributed by atoms with Gasteiger partial charge < -0.3 is 4.90 Å². The molecule has 0 radical (unpaired) electrons. The summed E-state index contributed by atoms with van der Waals surface area (Å²) in [6.07, 6.45) is 3.48. The second-order valence-electron chi connectivity index (χ2n) is 6.27. The first kappa shape index (κ1) is 16.2. The molecule has 3 rings (SSSR count). The van der Waals surface area contributed by atoms with Crippen LogP contribution in [-0.2, 0) is 5.41 Å². The van der Waals surface area contributed by atoms with E-state index in [1.807, 2.05) is 25.3 Å². The summed E-state index contributed by atoms with van der Waals surface area (Å²) < 4.78 is 26.4. The molecule has 0 fully saturated rings. The van der Waals surface area contributed by atoms with Crippen LogP contribution in [0, 0.1) is 11.6 Å². The first-order chi connectivity index (χ1) is 11.4. The molecule has 0 spiro atoms. The van der Waals surface area contributed by atoms with Crippen LogP contribution in [0.5, 0.6) is 0 Å². The molecule has 1 N–H and O–H groups in total. The summed E-state index contributed by atoms with van der Waals surface area (Å²) in [6.45, 7) is 4.31. The van der Waals surface area contributed by atoms with E-state index >= 15 is 0 Å². The van der Waals surface area contributed by atoms with Gasteiger partial charge in [-0.25, -0.2) is 8.78 Å². The lowest BCUT2D eigenvalue weighted by Crippen LogP contribution is -2.23. The van der Waals surface area contributed by atoms with Crippen LogP contribution in [0.3, 0.4) is 0 Å². The molecule has 0 saturated heterocycles. The fourth-order valence-corrected chi connectivity index (χ4v) is 3.10. The van der Waals surface area contributed by atoms with Crippen LogP contribution >= 0.6 is 0 Å². The third-order valence-electron chi connectivity index (χ3n) is 4.36. The number of likely N-dealkylation sites (N-methyl/N-ethyl adjacent to an activating group) is 1. The van der Waals surface area contributed by atoms with Crippen molar-refractivity contribution in [3.05, 3.63) is 71.4 Å². The van der Waals surface area contributed by atoms with E-state index < -0.39 is 11.6 Å². The van der Waals surface area contributed by atoms with Crippen LogP contribution in [0.4, 0.5) is 20.2 Å². The second kappa shape index (κ2) is 6.07. The molecule has 0 bridgehead atoms. The molecule has 1 aliphatic rings. The molecule has 0 atom stereocenters. The standard InChI is InChI=1S/C19H19F2N3/c1-19(2)14-6-4-5-7-17(14)24(3)18(19)10-11-22-23-16-9-8-13(20)12-15(16)21/h4-12,23H,1-3H3/b18-10-,22-11-. The number of hydrogen-bond acceptors (Lipinski definition) is 3. The number of halogens is 2. The van der Waals surface area contributed by atoms with Gasteiger partial charge in [-0.15, -0.1) is 0 Å². The van der Waals surface area contributed by atoms with Crippen LogP contribution < -0.4 is 10.3 Å². The Labute approximate surface area is 140 Å². The zero-order chi connectivity index (χ0) is 17.3. The van der Waals surface area contributed by atoms with Gasteiger partial charge in [-0.05, 0) is 29.8 Å². The molecule has 2 aromatic rings. The van der Waals surface area contributed by atoms with Gasteiger partial charge in [0.2, 0.25) is 0 Å². The molecule has 2 aromatic carbocycles. The van der Waals surface area contributed by atoms with Gasteiger partial charge >= 0.3 is 0 Å². The van der Waals surface area contributed by atoms with E-state index in [4.69, 9.17) is 0 Å². The minimum atomic E-state index is -0.675. The van der Waals surface area contributed by atoms with E-state index in [-0.39, 0.29) is 11.1 Å². The highest BCUT2D eigenvalue weighted by Crippen LogP contribution is 2.46. The van der Waals surface area contributed by atoms with Crippen molar-refractivity contribution in [2.45, 2.75) is 19.3 Å². The summed E-state index contributed by atoms with van der Waals surface area (Å²) in [5.41, 5.74) is 6.10. The number of nitrogens with zero attached hydrogens (tertiary/aromatic N) is 2. The molecule has 0 saturated carbocycles. The third-order valence-corrected chi connectivity index (χ3v) is 4.36. The van der Waals surface area contributed by atoms with E-state index in [0.29, 0.717) is 0 Å². The van der Waals surface area contributed by atoms with Gasteiger partial charge in [-0.1, -0.05) is 32.0 Å². The Kier molecular flexibility index (Phi) is 4.09. The van der Waals surface area contributed by atoms with Crippen molar-refractivity contribution >= 4 is 17.6 Å². The smallest absolute Gasteiger partial charge is 0.151 e. The molecule has 1 aliphatic heterocycles. The number of nitrogens with one attached hydrogen (secondary N) is 1. The maximum atomic E-state index is 13.5. The van der Waals surface area contributed by atoms with Crippen molar-refractivity contribution in [3.63, 3.8) is 0 Å². The van der Waals surface area contributed by atoms with Crippen molar-refractivity contribution in [1.29, 1.82) is 0 Å². The Bertz CT molecular complexity index is 825. The van der Waals surface area contributed by atoms with Gasteiger partial charge in [0.1, 0.15) is 5.82 Å². The highest BCUT2D eigenvalue weighted by atomic mass is 19.1. The Morgan fingerprint density at radius 1 is 1.12 bits per heavy atom. The summed E-state index contributed by atoms with van der Waals surface area (Å²) in [6, 6.07) is 11.6. The van der Waals surface area contributed by atoms with E-state index in [1.54, 1.807) is 6.21 Å². The van der Waals surface area contributed by atoms with E-state index in [2.05, 4.69) is 41.4 Å². The lowest BCUT2D eigenvalue weighted by Gasteiger charge is -2.23. The molecule has 0 aliphatic carbocycles. The van der Waals surface area contributed by atoms with Crippen LogP contribution in [0.25, 0.3) is 0 Å². The largest absolute Gasteiger partial charge is 0.347 e. The number of benzene rings is 2. The molecule has 24 heavy (non-hydrogen) atoms. The number of hydrogen-bond donors (Lipinski definition) is 1. The van der Waals surface area contributed by atoms with Gasteiger partial charge in [0, 0.05) is 36.1 Å². The van der Waals surface area contributed by atoms with Gasteiger partial charge in [-0.2, -0.15) is 5.10 Å². The molecule has 5 heteroatoms. The van der Waals surface area contributed by atoms with Crippen molar-refractivity contribution in [1.82, 2.24) is 0 Å². The monoisotopic (exact) mass is 327 g/mol. The van der Waals surface area contributed by atoms with Crippen LogP contribution in [0.2, 0.25) is 0 Å². The average Bonchev–Trinajstić information content (AvgIpc) is 2.74. The number of allylic oxidation sites excluding steroid dienone is 2. The van der Waals surface area contributed by atoms with Crippen molar-refractivity contribution < 1.29 is 8.78 Å². The SMILES string of the molecule is CN1/C(=C\C=N/Nc2ccc(F)cc2F)C(C)(C)c2ccccc21. The quantitative estimate of drug-likeness (QED) is 0.655. The highest BCUT2D eigenvalue weighted by Gasteiger charge is 2.37. The highest BCUT2D eigenvalue weighted by molar-refractivity contribution is 5.79. The summed E-state index contributed by atoms with van der Waals surface area (Å²) in [5, 5.41) is 4.02. The van der Waals surface area contributed by atoms with Gasteiger partial charge in [0.15, 0.2) is 5.82 Å². The Morgan fingerprint density at radius 3 is 2.58 bits per heavy atom. The Hall–Kier alpha value is -2.69. The van der Waals surface area contributed by atoms with Crippen LogP contribution in [0.15, 0.2) is 59.3 Å². The van der Waals surface area contributed by atoms with E-state index in [9.17, 15) is 8.78 Å². The molecular formula is C19H19F2N3. The zero-order valence-electron chi connectivity index (χ0n) is 13.8. The third kappa shape index (κ3) is 2.77. The van der Waals surface area contributed by atoms with Crippen molar-refractivity contribution in [2.75, 3.05) is 17.4 Å². The normalized spacial score (nSPS) is 17.5. The second-order valence-corrected chi connectivity index (χ2v) is 6.27. The molecule has 0 unspecified atom stereocenters. The molecule has 0 amide bonds. The fraction of sp³-hybridized carbons (Fsp3) is 0.211. The molecule has 124 valence electrons. The zero-order valence-corrected chi connectivity index (χ0v) is 13.8. The number of fused-ring (bicyclic) bond motifs is 1. The molecule has 3 nitrogen and oxygen atoms in total. The van der Waals surface area contributed by atoms with Gasteiger partial charge in [0.25, 0.3) is 0 Å². The van der Waals surface area contributed by atoms with Crippen molar-refractivity contribution in [2.24, 2.45) is 5.10 Å². The Morgan fingerprint density at radius 2 is 1.88 bits per heavy atom. The summed E-state index contributed by atoms with van der Waals surface area (Å²) in [4.78, 5) is 2.12. The molecule has 1 heterocycles. The number of hydrazone groups is 1. The lowest BCUT2D eigenvalue weighted by atomic mass is 9.84. The lowest BCUT2D eigenvalue weighted by molar-refractivity contribution is 0.585. The van der Waals surface area contributed by atoms with E-state index in [1.165, 1.54) is 23.4 Å². The van der Waals surface area contributed by atoms with Crippen molar-refractivity contribution in [3.8, 4) is 0 Å². The first-order valence-corrected chi connectivity index (χ1v) is 7.69. The van der Waals surface area contributed by atoms with Gasteiger partial charge in [0.05, 0.1) is 5.69 Å². The van der Waals surface area contributed by atoms with E-state index in [0.717, 1.165) is 11.8 Å². The number of anilines is 2. The minimum absolute atomic E-state index is 0.133. The average molecular weight is 327 g/mol. The summed E-state index contributed by atoms with van der Waals surface area (Å²) >= 11 is 0. The number of para-hydroxylation sites is 1. The van der Waals surface area contributed by atoms with Gasteiger partial charge in [-0.3, -0.25) is 5.43 Å². The first-order valence-electron chi connectivity index (χ1n) is 7.69. The maximum absolute atomic E-state index is 13.5. The fourth-order valence-electron chi connectivity index (χ4n) is 3.10. The molecule has 0 aromatic heterocycles. The van der Waals surface area contributed by atoms with Crippen LogP contribution in [-0.4, -0.2) is 13.3 Å². The maximum Gasteiger partial charge on any atom is 0.151 e. The topological polar surface area (TPSA) is 27.6 Å². The summed E-state index contributed by atoms with van der Waals surface area (Å²) in [7, 11) is 2.01. The van der Waals surface area contributed by atoms with Crippen LogP contribution in [0.1, 0.15) is 19.4 Å². The Balaban J connectivity index is 1.80. The molecular weight excluding hydrogens is 308 g/mol. The minimum Gasteiger partial charge on any atom is -0.347 e.